The fourth-order valence-electron chi connectivity index (χ4n) is 4.10. The van der Waals surface area contributed by atoms with E-state index in [1.54, 1.807) is 12.3 Å². The molecule has 33 heavy (non-hydrogen) atoms. The summed E-state index contributed by atoms with van der Waals surface area (Å²) in [5.41, 5.74) is 2.29. The molecule has 4 unspecified atom stereocenters. The van der Waals surface area contributed by atoms with Crippen molar-refractivity contribution >= 4 is 56.5 Å². The Bertz CT molecular complexity index is 952. The van der Waals surface area contributed by atoms with E-state index in [1.165, 1.54) is 5.56 Å². The summed E-state index contributed by atoms with van der Waals surface area (Å²) < 4.78 is 27.0. The van der Waals surface area contributed by atoms with Crippen LogP contribution in [-0.4, -0.2) is 47.3 Å². The molecule has 0 spiro atoms. The van der Waals surface area contributed by atoms with Gasteiger partial charge in [-0.1, -0.05) is 35.3 Å². The Labute approximate surface area is 217 Å². The Kier molecular flexibility index (Phi) is 12.1. The highest BCUT2D eigenvalue weighted by Crippen LogP contribution is 2.36. The number of alkyl halides is 2. The molecule has 2 fully saturated rings. The molecule has 0 radical (unpaired) electrons. The number of halogens is 4. The third-order valence-electron chi connectivity index (χ3n) is 5.54. The summed E-state index contributed by atoms with van der Waals surface area (Å²) in [5, 5.41) is 10.6. The molecule has 2 aromatic rings. The number of pyridine rings is 2. The van der Waals surface area contributed by atoms with Gasteiger partial charge < -0.3 is 5.11 Å². The smallest absolute Gasteiger partial charge is 0.264 e. The van der Waals surface area contributed by atoms with Gasteiger partial charge in [0.1, 0.15) is 10.3 Å². The van der Waals surface area contributed by atoms with Gasteiger partial charge in [0, 0.05) is 13.8 Å². The molecule has 2 aliphatic carbocycles. The van der Waals surface area contributed by atoms with Crippen molar-refractivity contribution in [3.05, 3.63) is 58.1 Å². The zero-order valence-electron chi connectivity index (χ0n) is 18.2. The van der Waals surface area contributed by atoms with Gasteiger partial charge in [0.05, 0.1) is 23.8 Å². The lowest BCUT2D eigenvalue weighted by atomic mass is 10.00. The second-order valence-corrected chi connectivity index (χ2v) is 11.2. The maximum Gasteiger partial charge on any atom is 0.264 e. The number of nitrogens with zero attached hydrogens (tertiary/aromatic N) is 2. The Morgan fingerprint density at radius 3 is 1.82 bits per heavy atom. The van der Waals surface area contributed by atoms with Crippen molar-refractivity contribution in [2.24, 2.45) is 0 Å². The summed E-state index contributed by atoms with van der Waals surface area (Å²) in [4.78, 5) is 8.06. The molecule has 1 N–H and O–H groups in total. The van der Waals surface area contributed by atoms with Gasteiger partial charge in [0.25, 0.3) is 10.1 Å². The van der Waals surface area contributed by atoms with E-state index in [1.807, 2.05) is 24.4 Å². The molecule has 4 atom stereocenters. The molecule has 0 aromatic carbocycles. The first-order chi connectivity index (χ1) is 15.6. The van der Waals surface area contributed by atoms with E-state index in [0.29, 0.717) is 22.1 Å². The second-order valence-electron chi connectivity index (χ2n) is 8.03. The molecule has 0 saturated heterocycles. The topological polar surface area (TPSA) is 89.4 Å². The fourth-order valence-corrected chi connectivity index (χ4v) is 4.99. The second kappa shape index (κ2) is 14.0. The number of hydrogen-bond acceptors (Lipinski definition) is 6. The third-order valence-corrected chi connectivity index (χ3v) is 6.61. The van der Waals surface area contributed by atoms with Crippen molar-refractivity contribution in [1.82, 2.24) is 9.97 Å². The Morgan fingerprint density at radius 2 is 1.42 bits per heavy atom. The van der Waals surface area contributed by atoms with Gasteiger partial charge in [-0.25, -0.2) is 9.97 Å². The summed E-state index contributed by atoms with van der Waals surface area (Å²) in [5.74, 6) is 0.784. The van der Waals surface area contributed by atoms with Crippen LogP contribution in [0, 0.1) is 0 Å². The number of aromatic nitrogens is 2. The van der Waals surface area contributed by atoms with E-state index in [2.05, 4.69) is 9.97 Å². The van der Waals surface area contributed by atoms with Crippen molar-refractivity contribution in [2.45, 2.75) is 62.6 Å². The van der Waals surface area contributed by atoms with Crippen LogP contribution in [0.3, 0.4) is 0 Å². The van der Waals surface area contributed by atoms with E-state index >= 15 is 0 Å². The Hall–Kier alpha value is -0.670. The lowest BCUT2D eigenvalue weighted by Gasteiger charge is -2.11. The van der Waals surface area contributed by atoms with Gasteiger partial charge in [-0.15, -0.1) is 23.2 Å². The molecule has 2 heterocycles. The standard InChI is InChI=1S/C11H14ClNO3S.C10H12ClNO.CH2Cl2.H2/c1-17(14,15)16-10-4-2-8(6-10)9-3-5-11(12)13-7-9;11-10-4-2-8(6-12-10)7-1-3-9(13)5-7;2-1-3;/h3,5,7-8,10H,2,4,6H2,1H3;2,4,6-7,9,13H,1,3,5H2;1H2;1H/i;;;1+1. The van der Waals surface area contributed by atoms with Crippen LogP contribution in [-0.2, 0) is 14.3 Å². The summed E-state index contributed by atoms with van der Waals surface area (Å²) in [6.45, 7) is 0. The lowest BCUT2D eigenvalue weighted by Crippen LogP contribution is -2.14. The highest BCUT2D eigenvalue weighted by atomic mass is 35.5. The van der Waals surface area contributed by atoms with E-state index in [-0.39, 0.29) is 19.0 Å². The van der Waals surface area contributed by atoms with Crippen molar-refractivity contribution in [1.29, 1.82) is 0 Å². The summed E-state index contributed by atoms with van der Waals surface area (Å²) in [6.07, 6.45) is 9.55. The molecular formula is C22H30Cl4N2O4S. The summed E-state index contributed by atoms with van der Waals surface area (Å²) in [7, 11) is -3.36. The molecule has 2 aliphatic rings. The predicted molar refractivity (Wildman–Crippen MR) is 136 cm³/mol. The van der Waals surface area contributed by atoms with Crippen LogP contribution < -0.4 is 0 Å². The largest absolute Gasteiger partial charge is 0.393 e. The van der Waals surface area contributed by atoms with Crippen molar-refractivity contribution in [2.75, 3.05) is 11.6 Å². The van der Waals surface area contributed by atoms with Crippen LogP contribution in [0.5, 0.6) is 0 Å². The van der Waals surface area contributed by atoms with Gasteiger partial charge in [0.15, 0.2) is 0 Å². The van der Waals surface area contributed by atoms with E-state index in [9.17, 15) is 13.5 Å². The molecular weight excluding hydrogens is 530 g/mol. The maximum absolute atomic E-state index is 11.0. The SMILES string of the molecule is CS(=O)(=O)OC1CCC(c2ccc(Cl)nc2)C1.ClCCl.OC1CCC(c2ccc(Cl)nc2)C1.[2HH]. The van der Waals surface area contributed by atoms with Gasteiger partial charge in [-0.3, -0.25) is 4.18 Å². The van der Waals surface area contributed by atoms with Crippen LogP contribution in [0.2, 0.25) is 10.3 Å². The first kappa shape index (κ1) is 28.6. The first-order valence-corrected chi connectivity index (χ1v) is 14.2. The summed E-state index contributed by atoms with van der Waals surface area (Å²) >= 11 is 20.9. The van der Waals surface area contributed by atoms with Crippen LogP contribution in [0.25, 0.3) is 0 Å². The van der Waals surface area contributed by atoms with Crippen LogP contribution in [0.4, 0.5) is 0 Å². The number of aliphatic hydroxyl groups is 1. The highest BCUT2D eigenvalue weighted by molar-refractivity contribution is 7.86. The van der Waals surface area contributed by atoms with Crippen LogP contribution in [0.1, 0.15) is 62.9 Å². The fraction of sp³-hybridized carbons (Fsp3) is 0.545. The normalized spacial score (nSPS) is 24.4. The van der Waals surface area contributed by atoms with E-state index in [0.717, 1.165) is 50.3 Å². The molecule has 6 nitrogen and oxygen atoms in total. The monoisotopic (exact) mass is 559 g/mol. The molecule has 0 amide bonds. The number of rotatable bonds is 4. The number of hydrogen-bond donors (Lipinski definition) is 1. The number of aliphatic hydroxyl groups excluding tert-OH is 1. The Morgan fingerprint density at radius 1 is 0.939 bits per heavy atom. The predicted octanol–water partition coefficient (Wildman–Crippen LogP) is 6.38. The quantitative estimate of drug-likeness (QED) is 0.265. The van der Waals surface area contributed by atoms with Gasteiger partial charge in [0.2, 0.25) is 0 Å². The van der Waals surface area contributed by atoms with Crippen LogP contribution in [0.15, 0.2) is 36.7 Å². The van der Waals surface area contributed by atoms with Crippen molar-refractivity contribution < 1.29 is 19.1 Å². The van der Waals surface area contributed by atoms with E-state index in [4.69, 9.17) is 50.6 Å². The average Bonchev–Trinajstić information content (AvgIpc) is 3.38. The Balaban J connectivity index is 0.000000304. The molecule has 2 saturated carbocycles. The average molecular weight is 561 g/mol. The van der Waals surface area contributed by atoms with Gasteiger partial charge in [-0.05, 0) is 73.6 Å². The molecule has 186 valence electrons. The molecule has 0 bridgehead atoms. The first-order valence-electron chi connectivity index (χ1n) is 10.5. The summed E-state index contributed by atoms with van der Waals surface area (Å²) in [6, 6.07) is 7.49. The molecule has 2 aromatic heterocycles. The van der Waals surface area contributed by atoms with Crippen molar-refractivity contribution in [3.8, 4) is 0 Å². The van der Waals surface area contributed by atoms with Crippen LogP contribution >= 0.6 is 46.4 Å². The van der Waals surface area contributed by atoms with Crippen molar-refractivity contribution in [3.63, 3.8) is 0 Å². The zero-order valence-corrected chi connectivity index (χ0v) is 22.0. The van der Waals surface area contributed by atoms with Gasteiger partial charge >= 0.3 is 0 Å². The minimum Gasteiger partial charge on any atom is -0.393 e. The maximum atomic E-state index is 11.0. The highest BCUT2D eigenvalue weighted by Gasteiger charge is 2.29. The minimum absolute atomic E-state index is 0. The van der Waals surface area contributed by atoms with E-state index < -0.39 is 10.1 Å². The third kappa shape index (κ3) is 10.6. The zero-order chi connectivity index (χ0) is 24.4. The lowest BCUT2D eigenvalue weighted by molar-refractivity contribution is 0.181. The van der Waals surface area contributed by atoms with Gasteiger partial charge in [-0.2, -0.15) is 8.42 Å². The minimum atomic E-state index is -3.36. The molecule has 0 aliphatic heterocycles. The molecule has 4 rings (SSSR count). The molecule has 11 heteroatoms.